The average molecular weight is 248 g/mol. The Morgan fingerprint density at radius 3 is 3.36 bits per heavy atom. The van der Waals surface area contributed by atoms with E-state index in [0.29, 0.717) is 6.04 Å². The largest absolute Gasteiger partial charge is 0.309 e. The van der Waals surface area contributed by atoms with Crippen LogP contribution in [0.4, 0.5) is 0 Å². The van der Waals surface area contributed by atoms with Crippen molar-refractivity contribution in [2.24, 2.45) is 0 Å². The van der Waals surface area contributed by atoms with E-state index >= 15 is 0 Å². The van der Waals surface area contributed by atoms with Gasteiger partial charge in [-0.25, -0.2) is 0 Å². The summed E-state index contributed by atoms with van der Waals surface area (Å²) < 4.78 is 0.936. The number of aryl methyl sites for hydroxylation is 1. The molecule has 1 aromatic heterocycles. The first kappa shape index (κ1) is 10.8. The SMILES string of the molecule is CSCCNC1CCc2sc(Cl)cc21. The summed E-state index contributed by atoms with van der Waals surface area (Å²) in [5, 5.41) is 3.58. The molecule has 4 heteroatoms. The zero-order valence-corrected chi connectivity index (χ0v) is 10.6. The Morgan fingerprint density at radius 2 is 2.57 bits per heavy atom. The minimum atomic E-state index is 0.556. The van der Waals surface area contributed by atoms with Gasteiger partial charge in [0.15, 0.2) is 0 Å². The molecule has 0 saturated heterocycles. The van der Waals surface area contributed by atoms with Crippen molar-refractivity contribution in [1.82, 2.24) is 5.32 Å². The molecule has 14 heavy (non-hydrogen) atoms. The van der Waals surface area contributed by atoms with Crippen LogP contribution in [0.3, 0.4) is 0 Å². The fourth-order valence-electron chi connectivity index (χ4n) is 1.88. The van der Waals surface area contributed by atoms with Crippen LogP contribution in [0.2, 0.25) is 4.34 Å². The smallest absolute Gasteiger partial charge is 0.0934 e. The molecule has 1 aliphatic carbocycles. The first-order chi connectivity index (χ1) is 6.81. The summed E-state index contributed by atoms with van der Waals surface area (Å²) in [7, 11) is 0. The van der Waals surface area contributed by atoms with Crippen LogP contribution in [-0.2, 0) is 6.42 Å². The topological polar surface area (TPSA) is 12.0 Å². The predicted octanol–water partition coefficient (Wildman–Crippen LogP) is 3.34. The van der Waals surface area contributed by atoms with Gasteiger partial charge in [-0.1, -0.05) is 11.6 Å². The highest BCUT2D eigenvalue weighted by molar-refractivity contribution is 7.98. The molecule has 1 aromatic rings. The number of nitrogens with one attached hydrogen (secondary N) is 1. The lowest BCUT2D eigenvalue weighted by atomic mass is 10.2. The Balaban J connectivity index is 1.95. The Labute approximate surface area is 98.2 Å². The molecule has 0 fully saturated rings. The zero-order chi connectivity index (χ0) is 9.97. The fraction of sp³-hybridized carbons (Fsp3) is 0.600. The van der Waals surface area contributed by atoms with Gasteiger partial charge in [-0.2, -0.15) is 11.8 Å². The molecule has 1 atom stereocenters. The zero-order valence-electron chi connectivity index (χ0n) is 8.18. The van der Waals surface area contributed by atoms with Gasteiger partial charge in [0.1, 0.15) is 0 Å². The van der Waals surface area contributed by atoms with Crippen LogP contribution in [0.1, 0.15) is 22.9 Å². The normalized spacial score (nSPS) is 20.0. The third kappa shape index (κ3) is 2.27. The summed E-state index contributed by atoms with van der Waals surface area (Å²) in [5.74, 6) is 1.18. The van der Waals surface area contributed by atoms with Crippen molar-refractivity contribution in [3.8, 4) is 0 Å². The van der Waals surface area contributed by atoms with E-state index in [1.54, 1.807) is 11.3 Å². The second-order valence-electron chi connectivity index (χ2n) is 3.47. The highest BCUT2D eigenvalue weighted by Gasteiger charge is 2.24. The number of thioether (sulfide) groups is 1. The molecule has 1 unspecified atom stereocenters. The van der Waals surface area contributed by atoms with Gasteiger partial charge in [-0.05, 0) is 30.7 Å². The molecular weight excluding hydrogens is 234 g/mol. The number of thiophene rings is 1. The minimum Gasteiger partial charge on any atom is -0.309 e. The molecule has 1 heterocycles. The van der Waals surface area contributed by atoms with Crippen LogP contribution >= 0.6 is 34.7 Å². The molecule has 0 amide bonds. The van der Waals surface area contributed by atoms with Crippen molar-refractivity contribution in [2.45, 2.75) is 18.9 Å². The number of hydrogen-bond donors (Lipinski definition) is 1. The van der Waals surface area contributed by atoms with Crippen molar-refractivity contribution >= 4 is 34.7 Å². The van der Waals surface area contributed by atoms with Gasteiger partial charge in [0.2, 0.25) is 0 Å². The lowest BCUT2D eigenvalue weighted by Gasteiger charge is -2.11. The van der Waals surface area contributed by atoms with E-state index < -0.39 is 0 Å². The monoisotopic (exact) mass is 247 g/mol. The third-order valence-electron chi connectivity index (χ3n) is 2.54. The van der Waals surface area contributed by atoms with E-state index in [-0.39, 0.29) is 0 Å². The van der Waals surface area contributed by atoms with E-state index in [4.69, 9.17) is 11.6 Å². The highest BCUT2D eigenvalue weighted by atomic mass is 35.5. The van der Waals surface area contributed by atoms with E-state index in [1.807, 2.05) is 11.8 Å². The van der Waals surface area contributed by atoms with Crippen molar-refractivity contribution in [2.75, 3.05) is 18.6 Å². The number of hydrogen-bond acceptors (Lipinski definition) is 3. The van der Waals surface area contributed by atoms with E-state index in [2.05, 4.69) is 17.6 Å². The van der Waals surface area contributed by atoms with Crippen LogP contribution in [0, 0.1) is 0 Å². The number of rotatable bonds is 4. The first-order valence-electron chi connectivity index (χ1n) is 4.81. The maximum Gasteiger partial charge on any atom is 0.0934 e. The van der Waals surface area contributed by atoms with Gasteiger partial charge in [-0.15, -0.1) is 11.3 Å². The van der Waals surface area contributed by atoms with Gasteiger partial charge in [0.25, 0.3) is 0 Å². The van der Waals surface area contributed by atoms with Crippen LogP contribution < -0.4 is 5.32 Å². The summed E-state index contributed by atoms with van der Waals surface area (Å²) in [4.78, 5) is 1.48. The maximum absolute atomic E-state index is 5.99. The molecule has 78 valence electrons. The molecule has 0 radical (unpaired) electrons. The second kappa shape index (κ2) is 4.88. The van der Waals surface area contributed by atoms with Gasteiger partial charge >= 0.3 is 0 Å². The van der Waals surface area contributed by atoms with E-state index in [0.717, 1.165) is 10.9 Å². The molecule has 0 aromatic carbocycles. The lowest BCUT2D eigenvalue weighted by Crippen LogP contribution is -2.21. The highest BCUT2D eigenvalue weighted by Crippen LogP contribution is 2.39. The molecule has 0 spiro atoms. The van der Waals surface area contributed by atoms with E-state index in [9.17, 15) is 0 Å². The average Bonchev–Trinajstić information content (AvgIpc) is 2.66. The Kier molecular flexibility index (Phi) is 3.77. The van der Waals surface area contributed by atoms with Crippen LogP contribution in [0.15, 0.2) is 6.07 Å². The first-order valence-corrected chi connectivity index (χ1v) is 7.40. The number of halogens is 1. The van der Waals surface area contributed by atoms with Crippen molar-refractivity contribution < 1.29 is 0 Å². The molecule has 0 aliphatic heterocycles. The third-order valence-corrected chi connectivity index (χ3v) is 4.50. The molecule has 0 saturated carbocycles. The predicted molar refractivity (Wildman–Crippen MR) is 66.8 cm³/mol. The number of fused-ring (bicyclic) bond motifs is 1. The molecule has 1 N–H and O–H groups in total. The summed E-state index contributed by atoms with van der Waals surface area (Å²) in [6, 6.07) is 2.69. The summed E-state index contributed by atoms with van der Waals surface area (Å²) in [6.07, 6.45) is 4.58. The van der Waals surface area contributed by atoms with Crippen LogP contribution in [-0.4, -0.2) is 18.6 Å². The van der Waals surface area contributed by atoms with Crippen molar-refractivity contribution in [3.05, 3.63) is 20.8 Å². The fourth-order valence-corrected chi connectivity index (χ4v) is 3.56. The van der Waals surface area contributed by atoms with Gasteiger partial charge in [0.05, 0.1) is 4.34 Å². The Hall–Kier alpha value is 0.300. The summed E-state index contributed by atoms with van der Waals surface area (Å²) >= 11 is 9.62. The molecule has 1 aliphatic rings. The van der Waals surface area contributed by atoms with Crippen molar-refractivity contribution in [1.29, 1.82) is 0 Å². The van der Waals surface area contributed by atoms with E-state index in [1.165, 1.54) is 29.0 Å². The summed E-state index contributed by atoms with van der Waals surface area (Å²) in [5.41, 5.74) is 1.45. The minimum absolute atomic E-state index is 0.556. The van der Waals surface area contributed by atoms with Crippen molar-refractivity contribution in [3.63, 3.8) is 0 Å². The molecular formula is C10H14ClNS2. The van der Waals surface area contributed by atoms with Gasteiger partial charge < -0.3 is 5.32 Å². The van der Waals surface area contributed by atoms with Gasteiger partial charge in [-0.3, -0.25) is 0 Å². The molecule has 1 nitrogen and oxygen atoms in total. The Morgan fingerprint density at radius 1 is 1.71 bits per heavy atom. The Bertz CT molecular complexity index is 311. The van der Waals surface area contributed by atoms with Crippen LogP contribution in [0.5, 0.6) is 0 Å². The standard InChI is InChI=1S/C10H14ClNS2/c1-13-5-4-12-8-2-3-9-7(8)6-10(11)14-9/h6,8,12H,2-5H2,1H3. The second-order valence-corrected chi connectivity index (χ2v) is 6.22. The van der Waals surface area contributed by atoms with Gasteiger partial charge in [0, 0.05) is 23.2 Å². The van der Waals surface area contributed by atoms with Crippen LogP contribution in [0.25, 0.3) is 0 Å². The molecule has 2 rings (SSSR count). The lowest BCUT2D eigenvalue weighted by molar-refractivity contribution is 0.552. The molecule has 0 bridgehead atoms. The maximum atomic E-state index is 5.99. The quantitative estimate of drug-likeness (QED) is 0.820. The summed E-state index contributed by atoms with van der Waals surface area (Å²) in [6.45, 7) is 1.10.